The number of aromatic nitrogens is 1. The average molecular weight is 409 g/mol. The van der Waals surface area contributed by atoms with E-state index in [-0.39, 0.29) is 18.3 Å². The second-order valence-electron chi connectivity index (χ2n) is 6.97. The lowest BCUT2D eigenvalue weighted by Gasteiger charge is -2.26. The third-order valence-electron chi connectivity index (χ3n) is 5.08. The molecule has 1 aromatic heterocycles. The Kier molecular flexibility index (Phi) is 5.49. The molecule has 0 atom stereocenters. The fourth-order valence-electron chi connectivity index (χ4n) is 3.52. The molecule has 0 unspecified atom stereocenters. The summed E-state index contributed by atoms with van der Waals surface area (Å²) in [7, 11) is 0. The molecule has 0 saturated heterocycles. The molecule has 154 valence electrons. The van der Waals surface area contributed by atoms with Gasteiger partial charge in [-0.2, -0.15) is 0 Å². The molecule has 0 bridgehead atoms. The van der Waals surface area contributed by atoms with Crippen molar-refractivity contribution in [2.75, 3.05) is 19.7 Å². The molecule has 3 aromatic rings. The molecule has 1 aliphatic rings. The van der Waals surface area contributed by atoms with Crippen LogP contribution in [0.25, 0.3) is 16.5 Å². The molecule has 0 radical (unpaired) electrons. The van der Waals surface area contributed by atoms with E-state index in [0.29, 0.717) is 30.8 Å². The van der Waals surface area contributed by atoms with E-state index in [9.17, 15) is 14.0 Å². The van der Waals surface area contributed by atoms with Crippen molar-refractivity contribution in [2.45, 2.75) is 6.42 Å². The first-order valence-corrected chi connectivity index (χ1v) is 9.46. The highest BCUT2D eigenvalue weighted by atomic mass is 19.1. The summed E-state index contributed by atoms with van der Waals surface area (Å²) in [6.45, 7) is 0.744. The van der Waals surface area contributed by atoms with Crippen molar-refractivity contribution >= 4 is 28.3 Å². The van der Waals surface area contributed by atoms with Gasteiger partial charge in [0.25, 0.3) is 11.8 Å². The normalized spacial score (nSPS) is 13.8. The first-order valence-electron chi connectivity index (χ1n) is 9.46. The van der Waals surface area contributed by atoms with Gasteiger partial charge in [-0.05, 0) is 54.5 Å². The SMILES string of the molecule is O=C(COc1ccc(C(=O)N2CC=C(c3c[nH]c4cc(F)ccc34)CC2)cc1)NO. The zero-order valence-corrected chi connectivity index (χ0v) is 16.0. The van der Waals surface area contributed by atoms with E-state index in [1.165, 1.54) is 17.6 Å². The van der Waals surface area contributed by atoms with Gasteiger partial charge in [0.15, 0.2) is 6.61 Å². The Morgan fingerprint density at radius 1 is 1.20 bits per heavy atom. The average Bonchev–Trinajstić information content (AvgIpc) is 3.20. The quantitative estimate of drug-likeness (QED) is 0.446. The molecular weight excluding hydrogens is 389 g/mol. The van der Waals surface area contributed by atoms with Crippen molar-refractivity contribution < 1.29 is 23.9 Å². The number of carbonyl (C=O) groups excluding carboxylic acids is 2. The van der Waals surface area contributed by atoms with Crippen LogP contribution in [0.2, 0.25) is 0 Å². The Morgan fingerprint density at radius 2 is 2.00 bits per heavy atom. The van der Waals surface area contributed by atoms with Crippen LogP contribution in [0.1, 0.15) is 22.3 Å². The van der Waals surface area contributed by atoms with Crippen LogP contribution in [0, 0.1) is 5.82 Å². The van der Waals surface area contributed by atoms with Crippen LogP contribution in [0.15, 0.2) is 54.7 Å². The van der Waals surface area contributed by atoms with E-state index in [2.05, 4.69) is 4.98 Å². The Balaban J connectivity index is 1.42. The summed E-state index contributed by atoms with van der Waals surface area (Å²) in [4.78, 5) is 28.6. The first-order chi connectivity index (χ1) is 14.5. The molecule has 8 heteroatoms. The second kappa shape index (κ2) is 8.38. The maximum atomic E-state index is 13.4. The van der Waals surface area contributed by atoms with Gasteiger partial charge in [-0.15, -0.1) is 0 Å². The monoisotopic (exact) mass is 409 g/mol. The van der Waals surface area contributed by atoms with Crippen molar-refractivity contribution in [3.05, 3.63) is 71.7 Å². The highest BCUT2D eigenvalue weighted by molar-refractivity contribution is 5.96. The van der Waals surface area contributed by atoms with Crippen LogP contribution in [-0.2, 0) is 4.79 Å². The zero-order chi connectivity index (χ0) is 21.1. The number of amides is 2. The van der Waals surface area contributed by atoms with Gasteiger partial charge in [0.2, 0.25) is 0 Å². The summed E-state index contributed by atoms with van der Waals surface area (Å²) in [6.07, 6.45) is 4.61. The van der Waals surface area contributed by atoms with E-state index in [1.54, 1.807) is 35.2 Å². The summed E-state index contributed by atoms with van der Waals surface area (Å²) in [5.74, 6) is -0.609. The van der Waals surface area contributed by atoms with Gasteiger partial charge in [-0.25, -0.2) is 9.87 Å². The van der Waals surface area contributed by atoms with E-state index < -0.39 is 5.91 Å². The third-order valence-corrected chi connectivity index (χ3v) is 5.08. The van der Waals surface area contributed by atoms with Gasteiger partial charge in [0.05, 0.1) is 0 Å². The second-order valence-corrected chi connectivity index (χ2v) is 6.97. The predicted molar refractivity (Wildman–Crippen MR) is 109 cm³/mol. The molecule has 0 saturated carbocycles. The maximum absolute atomic E-state index is 13.4. The Morgan fingerprint density at radius 3 is 2.70 bits per heavy atom. The third kappa shape index (κ3) is 4.04. The summed E-state index contributed by atoms with van der Waals surface area (Å²) in [5, 5.41) is 9.43. The molecule has 2 amide bonds. The van der Waals surface area contributed by atoms with Crippen molar-refractivity contribution in [3.8, 4) is 5.75 Å². The number of H-pyrrole nitrogens is 1. The van der Waals surface area contributed by atoms with Gasteiger partial charge in [-0.3, -0.25) is 14.8 Å². The van der Waals surface area contributed by atoms with Gasteiger partial charge in [0, 0.05) is 41.3 Å². The number of nitrogens with zero attached hydrogens (tertiary/aromatic N) is 1. The largest absolute Gasteiger partial charge is 0.484 e. The maximum Gasteiger partial charge on any atom is 0.281 e. The number of carbonyl (C=O) groups is 2. The molecule has 2 aromatic carbocycles. The number of benzene rings is 2. The molecule has 4 rings (SSSR count). The summed E-state index contributed by atoms with van der Waals surface area (Å²) >= 11 is 0. The van der Waals surface area contributed by atoms with Crippen molar-refractivity contribution in [1.82, 2.24) is 15.4 Å². The summed E-state index contributed by atoms with van der Waals surface area (Å²) < 4.78 is 18.6. The minimum absolute atomic E-state index is 0.0917. The van der Waals surface area contributed by atoms with Gasteiger partial charge in [0.1, 0.15) is 11.6 Å². The van der Waals surface area contributed by atoms with Crippen molar-refractivity contribution in [1.29, 1.82) is 0 Å². The van der Waals surface area contributed by atoms with Crippen LogP contribution in [-0.4, -0.2) is 46.6 Å². The Labute approximate surface area is 171 Å². The fraction of sp³-hybridized carbons (Fsp3) is 0.182. The lowest BCUT2D eigenvalue weighted by atomic mass is 9.98. The number of rotatable bonds is 5. The topological polar surface area (TPSA) is 94.7 Å². The minimum atomic E-state index is -0.661. The number of hydrogen-bond acceptors (Lipinski definition) is 4. The van der Waals surface area contributed by atoms with Crippen LogP contribution in [0.5, 0.6) is 5.75 Å². The van der Waals surface area contributed by atoms with Gasteiger partial charge < -0.3 is 14.6 Å². The molecule has 0 aliphatic carbocycles. The molecule has 3 N–H and O–H groups in total. The summed E-state index contributed by atoms with van der Waals surface area (Å²) in [5.41, 5.74) is 4.92. The lowest BCUT2D eigenvalue weighted by Crippen LogP contribution is -2.34. The number of nitrogens with one attached hydrogen (secondary N) is 2. The molecule has 0 fully saturated rings. The number of ether oxygens (including phenoxy) is 1. The number of hydrogen-bond donors (Lipinski definition) is 3. The standard InChI is InChI=1S/C22H20FN3O4/c23-16-3-6-18-19(12-24-20(18)11-16)14-7-9-26(10-8-14)22(28)15-1-4-17(5-2-15)30-13-21(27)25-29/h1-7,11-12,24,29H,8-10,13H2,(H,25,27). The van der Waals surface area contributed by atoms with Crippen LogP contribution in [0.3, 0.4) is 0 Å². The molecule has 2 heterocycles. The number of fused-ring (bicyclic) bond motifs is 1. The number of hydroxylamine groups is 1. The van der Waals surface area contributed by atoms with Crippen molar-refractivity contribution in [2.24, 2.45) is 0 Å². The van der Waals surface area contributed by atoms with E-state index >= 15 is 0 Å². The smallest absolute Gasteiger partial charge is 0.281 e. The molecule has 7 nitrogen and oxygen atoms in total. The zero-order valence-electron chi connectivity index (χ0n) is 16.0. The van der Waals surface area contributed by atoms with Crippen LogP contribution < -0.4 is 10.2 Å². The van der Waals surface area contributed by atoms with E-state index in [4.69, 9.17) is 9.94 Å². The Bertz CT molecular complexity index is 1120. The highest BCUT2D eigenvalue weighted by Gasteiger charge is 2.20. The van der Waals surface area contributed by atoms with Crippen molar-refractivity contribution in [3.63, 3.8) is 0 Å². The summed E-state index contributed by atoms with van der Waals surface area (Å²) in [6, 6.07) is 11.2. The molecule has 30 heavy (non-hydrogen) atoms. The first kappa shape index (κ1) is 19.7. The van der Waals surface area contributed by atoms with E-state index in [1.807, 2.05) is 12.3 Å². The Hall–Kier alpha value is -3.65. The molecular formula is C22H20FN3O4. The minimum Gasteiger partial charge on any atom is -0.484 e. The lowest BCUT2D eigenvalue weighted by molar-refractivity contribution is -0.131. The predicted octanol–water partition coefficient (Wildman–Crippen LogP) is 3.12. The van der Waals surface area contributed by atoms with E-state index in [0.717, 1.165) is 22.0 Å². The van der Waals surface area contributed by atoms with Gasteiger partial charge >= 0.3 is 0 Å². The molecule has 0 spiro atoms. The van der Waals surface area contributed by atoms with Crippen LogP contribution >= 0.6 is 0 Å². The number of halogens is 1. The van der Waals surface area contributed by atoms with Gasteiger partial charge in [-0.1, -0.05) is 6.08 Å². The fourth-order valence-corrected chi connectivity index (χ4v) is 3.52. The van der Waals surface area contributed by atoms with Crippen LogP contribution in [0.4, 0.5) is 4.39 Å². The highest BCUT2D eigenvalue weighted by Crippen LogP contribution is 2.30. The molecule has 1 aliphatic heterocycles. The number of aromatic amines is 1.